The number of fused-ring (bicyclic) bond motifs is 1. The Morgan fingerprint density at radius 3 is 2.60 bits per heavy atom. The van der Waals surface area contributed by atoms with E-state index < -0.39 is 49.2 Å². The van der Waals surface area contributed by atoms with Crippen LogP contribution in [0.25, 0.3) is 11.2 Å². The third-order valence-corrected chi connectivity index (χ3v) is 5.28. The third kappa shape index (κ3) is 6.07. The molecule has 0 bridgehead atoms. The van der Waals surface area contributed by atoms with E-state index in [2.05, 4.69) is 24.8 Å². The van der Waals surface area contributed by atoms with E-state index in [9.17, 15) is 30.7 Å². The normalized spacial score (nSPS) is 19.2. The van der Waals surface area contributed by atoms with Crippen LogP contribution in [0, 0.1) is 5.92 Å². The van der Waals surface area contributed by atoms with E-state index in [1.165, 1.54) is 18.5 Å². The van der Waals surface area contributed by atoms with Crippen LogP contribution in [0.3, 0.4) is 0 Å². The summed E-state index contributed by atoms with van der Waals surface area (Å²) in [5, 5.41) is 3.83. The molecule has 0 aliphatic carbocycles. The molecule has 0 amide bonds. The van der Waals surface area contributed by atoms with Gasteiger partial charge >= 0.3 is 12.8 Å². The van der Waals surface area contributed by atoms with Crippen LogP contribution in [0.1, 0.15) is 12.1 Å². The largest absolute Gasteiger partial charge is 0.491 e. The molecule has 0 spiro atoms. The highest BCUT2D eigenvalue weighted by molar-refractivity contribution is 5.71. The molecule has 1 saturated heterocycles. The minimum absolute atomic E-state index is 0.0231. The molecule has 190 valence electrons. The molecule has 4 rings (SSSR count). The van der Waals surface area contributed by atoms with Crippen LogP contribution in [0.15, 0.2) is 30.7 Å². The zero-order chi connectivity index (χ0) is 25.2. The van der Waals surface area contributed by atoms with E-state index in [1.54, 1.807) is 4.90 Å². The first-order chi connectivity index (χ1) is 16.6. The van der Waals surface area contributed by atoms with E-state index in [4.69, 9.17) is 4.74 Å². The lowest BCUT2D eigenvalue weighted by molar-refractivity contribution is -0.168. The van der Waals surface area contributed by atoms with Crippen molar-refractivity contribution in [2.24, 2.45) is 5.92 Å². The second-order valence-electron chi connectivity index (χ2n) is 7.84. The Balaban J connectivity index is 1.55. The Morgan fingerprint density at radius 2 is 1.89 bits per heavy atom. The molecule has 0 N–H and O–H groups in total. The first kappa shape index (κ1) is 24.9. The molecule has 4 heterocycles. The van der Waals surface area contributed by atoms with Gasteiger partial charge in [-0.25, -0.2) is 28.4 Å². The Labute approximate surface area is 193 Å². The summed E-state index contributed by atoms with van der Waals surface area (Å²) < 4.78 is 102. The second-order valence-corrected chi connectivity index (χ2v) is 7.84. The molecule has 35 heavy (non-hydrogen) atoms. The van der Waals surface area contributed by atoms with Crippen molar-refractivity contribution >= 4 is 17.0 Å². The first-order valence-electron chi connectivity index (χ1n) is 10.4. The van der Waals surface area contributed by atoms with Gasteiger partial charge in [-0.15, -0.1) is 0 Å². The maximum atomic E-state index is 13.2. The second kappa shape index (κ2) is 10.2. The van der Waals surface area contributed by atoms with Crippen LogP contribution >= 0.6 is 0 Å². The Morgan fingerprint density at radius 1 is 1.09 bits per heavy atom. The van der Waals surface area contributed by atoms with Crippen LogP contribution in [-0.4, -0.2) is 63.6 Å². The molecule has 0 radical (unpaired) electrons. The highest BCUT2D eigenvalue weighted by atomic mass is 19.4. The van der Waals surface area contributed by atoms with Crippen molar-refractivity contribution in [3.8, 4) is 5.75 Å². The fourth-order valence-corrected chi connectivity index (χ4v) is 3.89. The number of ether oxygens (including phenoxy) is 2. The van der Waals surface area contributed by atoms with Gasteiger partial charge in [0.25, 0.3) is 6.43 Å². The van der Waals surface area contributed by atoms with Gasteiger partial charge in [-0.05, 0) is 18.6 Å². The summed E-state index contributed by atoms with van der Waals surface area (Å²) in [4.78, 5) is 13.3. The molecule has 15 heteroatoms. The number of rotatable bonds is 8. The van der Waals surface area contributed by atoms with Gasteiger partial charge in [0.1, 0.15) is 23.6 Å². The van der Waals surface area contributed by atoms with Gasteiger partial charge in [0.15, 0.2) is 11.3 Å². The zero-order valence-electron chi connectivity index (χ0n) is 17.9. The van der Waals surface area contributed by atoms with Gasteiger partial charge < -0.3 is 14.4 Å². The number of hydrogen-bond donors (Lipinski definition) is 0. The number of anilines is 1. The summed E-state index contributed by atoms with van der Waals surface area (Å²) in [5.41, 5.74) is -0.850. The van der Waals surface area contributed by atoms with E-state index in [-0.39, 0.29) is 43.1 Å². The molecule has 8 nitrogen and oxygen atoms in total. The van der Waals surface area contributed by atoms with Crippen molar-refractivity contribution in [1.82, 2.24) is 24.7 Å². The summed E-state index contributed by atoms with van der Waals surface area (Å²) in [6, 6.07) is 2.40. The average Bonchev–Trinajstić information content (AvgIpc) is 3.18. The molecule has 1 aliphatic rings. The predicted molar refractivity (Wildman–Crippen MR) is 107 cm³/mol. The van der Waals surface area contributed by atoms with Crippen molar-refractivity contribution in [1.29, 1.82) is 0 Å². The monoisotopic (exact) mass is 508 g/mol. The molecule has 3 aromatic rings. The number of aromatic nitrogens is 5. The summed E-state index contributed by atoms with van der Waals surface area (Å²) in [5.74, 6) is -0.823. The average molecular weight is 508 g/mol. The van der Waals surface area contributed by atoms with Gasteiger partial charge in [-0.3, -0.25) is 0 Å². The van der Waals surface area contributed by atoms with Crippen molar-refractivity contribution < 1.29 is 40.2 Å². The zero-order valence-corrected chi connectivity index (χ0v) is 17.9. The Hall–Kier alpha value is -3.23. The van der Waals surface area contributed by atoms with Crippen molar-refractivity contribution in [2.45, 2.75) is 38.3 Å². The number of halogens is 7. The van der Waals surface area contributed by atoms with Gasteiger partial charge in [0.05, 0.1) is 25.1 Å². The topological polar surface area (TPSA) is 78.2 Å². The van der Waals surface area contributed by atoms with Crippen LogP contribution in [-0.2, 0) is 17.5 Å². The summed E-state index contributed by atoms with van der Waals surface area (Å²) in [6.07, 6.45) is -4.73. The van der Waals surface area contributed by atoms with Crippen LogP contribution in [0.5, 0.6) is 5.75 Å². The molecule has 3 aromatic heterocycles. The van der Waals surface area contributed by atoms with Crippen LogP contribution < -0.4 is 9.64 Å². The van der Waals surface area contributed by atoms with Gasteiger partial charge in [0, 0.05) is 25.2 Å². The van der Waals surface area contributed by atoms with Crippen LogP contribution in [0.4, 0.5) is 36.6 Å². The third-order valence-electron chi connectivity index (χ3n) is 5.28. The Kier molecular flexibility index (Phi) is 7.23. The lowest BCUT2D eigenvalue weighted by Crippen LogP contribution is -2.47. The summed E-state index contributed by atoms with van der Waals surface area (Å²) in [6.45, 7) is -3.88. The minimum Gasteiger partial charge on any atom is -0.491 e. The number of piperidine rings is 1. The molecule has 1 fully saturated rings. The molecule has 2 atom stereocenters. The van der Waals surface area contributed by atoms with E-state index in [0.29, 0.717) is 0 Å². The van der Waals surface area contributed by atoms with E-state index in [1.807, 2.05) is 0 Å². The SMILES string of the molecule is FC(F)Cn1ncc2ncc(N3C[C@@H](COc4cccnc4C(F)(F)F)C[C@H](OC(F)F)C3)nc21. The van der Waals surface area contributed by atoms with Gasteiger partial charge in [-0.2, -0.15) is 27.1 Å². The molecular weight excluding hydrogens is 489 g/mol. The molecule has 0 unspecified atom stereocenters. The molecule has 1 aliphatic heterocycles. The molecule has 0 aromatic carbocycles. The maximum absolute atomic E-state index is 13.2. The summed E-state index contributed by atoms with van der Waals surface area (Å²) in [7, 11) is 0. The summed E-state index contributed by atoms with van der Waals surface area (Å²) >= 11 is 0. The van der Waals surface area contributed by atoms with Crippen molar-refractivity contribution in [2.75, 3.05) is 24.6 Å². The van der Waals surface area contributed by atoms with Gasteiger partial charge in [0.2, 0.25) is 0 Å². The minimum atomic E-state index is -4.73. The fraction of sp³-hybridized carbons (Fsp3) is 0.500. The standard InChI is InChI=1S/C20H19F7N6O2/c21-15(22)9-33-18-13(5-30-33)29-6-16(31-18)32-7-11(4-12(8-32)35-19(23)24)10-34-14-2-1-3-28-17(14)20(25,26)27/h1-3,5-6,11-12,15,19H,4,7-10H2/t11-,12-/m0/s1. The lowest BCUT2D eigenvalue weighted by Gasteiger charge is -2.37. The van der Waals surface area contributed by atoms with Crippen LogP contribution in [0.2, 0.25) is 0 Å². The highest BCUT2D eigenvalue weighted by Gasteiger charge is 2.37. The van der Waals surface area contributed by atoms with E-state index >= 15 is 0 Å². The quantitative estimate of drug-likeness (QED) is 0.426. The highest BCUT2D eigenvalue weighted by Crippen LogP contribution is 2.35. The van der Waals surface area contributed by atoms with Crippen molar-refractivity contribution in [3.05, 3.63) is 36.4 Å². The van der Waals surface area contributed by atoms with Crippen molar-refractivity contribution in [3.63, 3.8) is 0 Å². The first-order valence-corrected chi connectivity index (χ1v) is 10.4. The predicted octanol–water partition coefficient (Wildman–Crippen LogP) is 4.02. The Bertz CT molecular complexity index is 1140. The smallest absolute Gasteiger partial charge is 0.437 e. The fourth-order valence-electron chi connectivity index (χ4n) is 3.89. The maximum Gasteiger partial charge on any atom is 0.437 e. The number of alkyl halides is 7. The van der Waals surface area contributed by atoms with E-state index in [0.717, 1.165) is 16.9 Å². The lowest BCUT2D eigenvalue weighted by atomic mass is 9.96. The molecule has 0 saturated carbocycles. The number of hydrogen-bond acceptors (Lipinski definition) is 7. The van der Waals surface area contributed by atoms with Gasteiger partial charge in [-0.1, -0.05) is 0 Å². The molecular formula is C20H19F7N6O2. The number of nitrogens with zero attached hydrogens (tertiary/aromatic N) is 6. The number of pyridine rings is 1.